The fraction of sp³-hybridized carbons (Fsp3) is 0.333. The summed E-state index contributed by atoms with van der Waals surface area (Å²) in [6, 6.07) is 9.29. The zero-order valence-corrected chi connectivity index (χ0v) is 8.73. The summed E-state index contributed by atoms with van der Waals surface area (Å²) < 4.78 is 4.85. The largest absolute Gasteiger partial charge is 0.455 e. The molecule has 3 heteroatoms. The highest BCUT2D eigenvalue weighted by molar-refractivity contribution is 6.33. The molecular formula is C12H14O3. The van der Waals surface area contributed by atoms with Crippen LogP contribution in [0.25, 0.3) is 0 Å². The minimum atomic E-state index is -0.735. The summed E-state index contributed by atoms with van der Waals surface area (Å²) in [5, 5.41) is 0. The van der Waals surface area contributed by atoms with Crippen molar-refractivity contribution in [3.8, 4) is 0 Å². The fourth-order valence-corrected chi connectivity index (χ4v) is 1.13. The molecule has 80 valence electrons. The molecule has 0 amide bonds. The van der Waals surface area contributed by atoms with Crippen molar-refractivity contribution in [2.45, 2.75) is 26.4 Å². The Kier molecular flexibility index (Phi) is 4.54. The Balaban J connectivity index is 2.38. The van der Waals surface area contributed by atoms with Gasteiger partial charge in [-0.05, 0) is 12.0 Å². The van der Waals surface area contributed by atoms with Crippen LogP contribution in [0.5, 0.6) is 0 Å². The van der Waals surface area contributed by atoms with Gasteiger partial charge in [-0.2, -0.15) is 0 Å². The van der Waals surface area contributed by atoms with Crippen LogP contribution in [0.15, 0.2) is 30.3 Å². The van der Waals surface area contributed by atoms with E-state index in [9.17, 15) is 9.59 Å². The molecule has 0 atom stereocenters. The highest BCUT2D eigenvalue weighted by atomic mass is 16.5. The molecule has 0 spiro atoms. The van der Waals surface area contributed by atoms with Gasteiger partial charge in [0.15, 0.2) is 0 Å². The topological polar surface area (TPSA) is 43.4 Å². The van der Waals surface area contributed by atoms with Gasteiger partial charge in [-0.1, -0.05) is 37.3 Å². The Bertz CT molecular complexity index is 330. The molecule has 3 nitrogen and oxygen atoms in total. The molecule has 0 saturated carbocycles. The van der Waals surface area contributed by atoms with Gasteiger partial charge >= 0.3 is 5.97 Å². The summed E-state index contributed by atoms with van der Waals surface area (Å²) >= 11 is 0. The number of carbonyl (C=O) groups is 2. The van der Waals surface area contributed by atoms with Gasteiger partial charge in [0, 0.05) is 6.42 Å². The van der Waals surface area contributed by atoms with E-state index in [1.807, 2.05) is 37.3 Å². The molecule has 0 aliphatic carbocycles. The van der Waals surface area contributed by atoms with Crippen molar-refractivity contribution in [2.24, 2.45) is 0 Å². The van der Waals surface area contributed by atoms with Crippen LogP contribution in [0, 0.1) is 0 Å². The molecular weight excluding hydrogens is 192 g/mol. The van der Waals surface area contributed by atoms with Crippen LogP contribution in [0.3, 0.4) is 0 Å². The lowest BCUT2D eigenvalue weighted by molar-refractivity contribution is -0.154. The minimum Gasteiger partial charge on any atom is -0.455 e. The van der Waals surface area contributed by atoms with Crippen LogP contribution in [0.4, 0.5) is 0 Å². The van der Waals surface area contributed by atoms with E-state index >= 15 is 0 Å². The lowest BCUT2D eigenvalue weighted by atomic mass is 10.2. The summed E-state index contributed by atoms with van der Waals surface area (Å²) in [7, 11) is 0. The lowest BCUT2D eigenvalue weighted by Gasteiger charge is -2.03. The number of hydrogen-bond donors (Lipinski definition) is 0. The summed E-state index contributed by atoms with van der Waals surface area (Å²) in [6.07, 6.45) is 0.924. The predicted molar refractivity (Wildman–Crippen MR) is 56.2 cm³/mol. The van der Waals surface area contributed by atoms with Crippen molar-refractivity contribution in [3.05, 3.63) is 35.9 Å². The average Bonchev–Trinajstić information content (AvgIpc) is 2.27. The summed E-state index contributed by atoms with van der Waals surface area (Å²) in [6.45, 7) is 2.01. The van der Waals surface area contributed by atoms with Gasteiger partial charge in [0.25, 0.3) is 0 Å². The third-order valence-corrected chi connectivity index (χ3v) is 1.92. The maximum atomic E-state index is 11.1. The van der Waals surface area contributed by atoms with Crippen LogP contribution in [-0.4, -0.2) is 11.8 Å². The first kappa shape index (κ1) is 11.4. The van der Waals surface area contributed by atoms with Gasteiger partial charge in [-0.3, -0.25) is 4.79 Å². The molecule has 0 aromatic heterocycles. The van der Waals surface area contributed by atoms with Crippen molar-refractivity contribution < 1.29 is 14.3 Å². The van der Waals surface area contributed by atoms with Gasteiger partial charge in [0.05, 0.1) is 0 Å². The maximum Gasteiger partial charge on any atom is 0.374 e. The number of benzene rings is 1. The number of esters is 1. The Morgan fingerprint density at radius 2 is 1.87 bits per heavy atom. The van der Waals surface area contributed by atoms with Crippen LogP contribution < -0.4 is 0 Å². The second-order valence-corrected chi connectivity index (χ2v) is 3.23. The molecule has 0 radical (unpaired) electrons. The normalized spacial score (nSPS) is 9.67. The Hall–Kier alpha value is -1.64. The number of hydrogen-bond acceptors (Lipinski definition) is 3. The van der Waals surface area contributed by atoms with Crippen molar-refractivity contribution in [2.75, 3.05) is 0 Å². The van der Waals surface area contributed by atoms with E-state index in [2.05, 4.69) is 0 Å². The summed E-state index contributed by atoms with van der Waals surface area (Å²) in [4.78, 5) is 22.2. The van der Waals surface area contributed by atoms with Crippen LogP contribution >= 0.6 is 0 Å². The first-order valence-electron chi connectivity index (χ1n) is 4.98. The van der Waals surface area contributed by atoms with Gasteiger partial charge in [0.1, 0.15) is 6.61 Å². The number of ketones is 1. The van der Waals surface area contributed by atoms with E-state index in [4.69, 9.17) is 4.74 Å². The van der Waals surface area contributed by atoms with Crippen molar-refractivity contribution in [1.29, 1.82) is 0 Å². The third kappa shape index (κ3) is 3.94. The lowest BCUT2D eigenvalue weighted by Crippen LogP contribution is -2.16. The molecule has 0 saturated heterocycles. The van der Waals surface area contributed by atoms with Gasteiger partial charge in [0.2, 0.25) is 5.78 Å². The Morgan fingerprint density at radius 1 is 1.20 bits per heavy atom. The Morgan fingerprint density at radius 3 is 2.47 bits per heavy atom. The number of carbonyl (C=O) groups excluding carboxylic acids is 2. The molecule has 1 aromatic carbocycles. The quantitative estimate of drug-likeness (QED) is 0.547. The van der Waals surface area contributed by atoms with Crippen LogP contribution in [0.1, 0.15) is 25.3 Å². The van der Waals surface area contributed by atoms with Gasteiger partial charge in [-0.25, -0.2) is 4.79 Å². The van der Waals surface area contributed by atoms with Crippen molar-refractivity contribution in [3.63, 3.8) is 0 Å². The van der Waals surface area contributed by atoms with E-state index in [0.717, 1.165) is 5.56 Å². The zero-order valence-electron chi connectivity index (χ0n) is 8.73. The summed E-state index contributed by atoms with van der Waals surface area (Å²) in [5.41, 5.74) is 0.884. The van der Waals surface area contributed by atoms with E-state index < -0.39 is 11.8 Å². The molecule has 15 heavy (non-hydrogen) atoms. The highest BCUT2D eigenvalue weighted by Crippen LogP contribution is 2.01. The van der Waals surface area contributed by atoms with Crippen LogP contribution in [0.2, 0.25) is 0 Å². The standard InChI is InChI=1S/C12H14O3/c1-2-6-11(13)12(14)15-9-10-7-4-3-5-8-10/h3-5,7-8H,2,6,9H2,1H3. The minimum absolute atomic E-state index is 0.162. The van der Waals surface area contributed by atoms with Crippen LogP contribution in [-0.2, 0) is 20.9 Å². The van der Waals surface area contributed by atoms with E-state index in [0.29, 0.717) is 6.42 Å². The smallest absolute Gasteiger partial charge is 0.374 e. The number of ether oxygens (including phenoxy) is 1. The molecule has 1 rings (SSSR count). The SMILES string of the molecule is CCCC(=O)C(=O)OCc1ccccc1. The van der Waals surface area contributed by atoms with E-state index in [1.54, 1.807) is 0 Å². The molecule has 0 unspecified atom stereocenters. The molecule has 0 aliphatic rings. The van der Waals surface area contributed by atoms with Crippen molar-refractivity contribution in [1.82, 2.24) is 0 Å². The van der Waals surface area contributed by atoms with Gasteiger partial charge in [-0.15, -0.1) is 0 Å². The number of Topliss-reactive ketones (excluding diaryl/α,β-unsaturated/α-hetero) is 1. The summed E-state index contributed by atoms with van der Waals surface area (Å²) in [5.74, 6) is -1.19. The molecule has 0 fully saturated rings. The molecule has 0 N–H and O–H groups in total. The second-order valence-electron chi connectivity index (χ2n) is 3.23. The second kappa shape index (κ2) is 5.96. The first-order valence-corrected chi connectivity index (χ1v) is 4.98. The highest BCUT2D eigenvalue weighted by Gasteiger charge is 2.13. The number of rotatable bonds is 5. The average molecular weight is 206 g/mol. The van der Waals surface area contributed by atoms with E-state index in [1.165, 1.54) is 0 Å². The molecule has 0 aliphatic heterocycles. The van der Waals surface area contributed by atoms with E-state index in [-0.39, 0.29) is 13.0 Å². The first-order chi connectivity index (χ1) is 7.24. The molecule has 0 heterocycles. The molecule has 1 aromatic rings. The monoisotopic (exact) mass is 206 g/mol. The van der Waals surface area contributed by atoms with Crippen molar-refractivity contribution >= 4 is 11.8 Å². The zero-order chi connectivity index (χ0) is 11.1. The predicted octanol–water partition coefficient (Wildman–Crippen LogP) is 2.10. The Labute approximate surface area is 89.1 Å². The maximum absolute atomic E-state index is 11.1. The molecule has 0 bridgehead atoms. The third-order valence-electron chi connectivity index (χ3n) is 1.92. The fourth-order valence-electron chi connectivity index (χ4n) is 1.13. The van der Waals surface area contributed by atoms with Gasteiger partial charge < -0.3 is 4.74 Å².